The Kier molecular flexibility index (Phi) is 6.81. The van der Waals surface area contributed by atoms with Crippen LogP contribution in [0, 0.1) is 5.92 Å². The molecule has 1 atom stereocenters. The topological polar surface area (TPSA) is 24.5 Å². The number of hydrogen-bond acceptors (Lipinski definition) is 3. The summed E-state index contributed by atoms with van der Waals surface area (Å²) in [4.78, 5) is 2.59. The van der Waals surface area contributed by atoms with Crippen LogP contribution in [0.5, 0.6) is 5.75 Å². The SMILES string of the molecule is COc1ccc(Cl)cc1CNCC(C)CN1CCCCC1. The number of methoxy groups -OCH3 is 1. The lowest BCUT2D eigenvalue weighted by molar-refractivity contribution is 0.199. The van der Waals surface area contributed by atoms with E-state index in [4.69, 9.17) is 16.3 Å². The molecule has 0 aliphatic carbocycles. The zero-order valence-electron chi connectivity index (χ0n) is 13.2. The third-order valence-electron chi connectivity index (χ3n) is 4.07. The first-order valence-corrected chi connectivity index (χ1v) is 8.32. The molecular weight excluding hydrogens is 284 g/mol. The number of benzene rings is 1. The van der Waals surface area contributed by atoms with Gasteiger partial charge in [-0.2, -0.15) is 0 Å². The molecule has 1 unspecified atom stereocenters. The monoisotopic (exact) mass is 310 g/mol. The Morgan fingerprint density at radius 2 is 2.05 bits per heavy atom. The molecule has 3 nitrogen and oxygen atoms in total. The highest BCUT2D eigenvalue weighted by Gasteiger charge is 2.13. The van der Waals surface area contributed by atoms with Gasteiger partial charge in [0.2, 0.25) is 0 Å². The molecule has 4 heteroatoms. The highest BCUT2D eigenvalue weighted by atomic mass is 35.5. The summed E-state index contributed by atoms with van der Waals surface area (Å²) in [5, 5.41) is 4.29. The lowest BCUT2D eigenvalue weighted by atomic mass is 10.1. The molecule has 0 aromatic heterocycles. The van der Waals surface area contributed by atoms with Crippen LogP contribution < -0.4 is 10.1 Å². The standard InChI is InChI=1S/C17H27ClN2O/c1-14(13-20-8-4-3-5-9-20)11-19-12-15-10-16(18)6-7-17(15)21-2/h6-7,10,14,19H,3-5,8-9,11-13H2,1-2H3. The summed E-state index contributed by atoms with van der Waals surface area (Å²) < 4.78 is 5.37. The molecule has 0 bridgehead atoms. The molecular formula is C17H27ClN2O. The van der Waals surface area contributed by atoms with E-state index in [0.717, 1.165) is 29.4 Å². The second kappa shape index (κ2) is 8.62. The number of nitrogens with zero attached hydrogens (tertiary/aromatic N) is 1. The second-order valence-corrected chi connectivity index (χ2v) is 6.49. The van der Waals surface area contributed by atoms with E-state index in [9.17, 15) is 0 Å². The first-order chi connectivity index (χ1) is 10.2. The van der Waals surface area contributed by atoms with Crippen molar-refractivity contribution in [2.24, 2.45) is 5.92 Å². The van der Waals surface area contributed by atoms with Crippen LogP contribution in [0.1, 0.15) is 31.7 Å². The Morgan fingerprint density at radius 3 is 2.76 bits per heavy atom. The Labute approximate surface area is 133 Å². The molecule has 1 aromatic carbocycles. The third kappa shape index (κ3) is 5.50. The Balaban J connectivity index is 1.74. The minimum Gasteiger partial charge on any atom is -0.496 e. The molecule has 1 aliphatic heterocycles. The van der Waals surface area contributed by atoms with Crippen LogP contribution in [-0.4, -0.2) is 38.2 Å². The summed E-state index contributed by atoms with van der Waals surface area (Å²) in [5.41, 5.74) is 1.12. The molecule has 21 heavy (non-hydrogen) atoms. The van der Waals surface area contributed by atoms with Crippen molar-refractivity contribution in [2.75, 3.05) is 33.3 Å². The van der Waals surface area contributed by atoms with E-state index in [1.807, 2.05) is 18.2 Å². The van der Waals surface area contributed by atoms with Gasteiger partial charge in [-0.15, -0.1) is 0 Å². The number of hydrogen-bond donors (Lipinski definition) is 1. The number of nitrogens with one attached hydrogen (secondary N) is 1. The first kappa shape index (κ1) is 16.6. The zero-order chi connectivity index (χ0) is 15.1. The second-order valence-electron chi connectivity index (χ2n) is 6.05. The van der Waals surface area contributed by atoms with Crippen LogP contribution in [0.15, 0.2) is 18.2 Å². The van der Waals surface area contributed by atoms with Crippen molar-refractivity contribution in [3.05, 3.63) is 28.8 Å². The summed E-state index contributed by atoms with van der Waals surface area (Å²) in [6.07, 6.45) is 4.12. The maximum atomic E-state index is 6.05. The van der Waals surface area contributed by atoms with Gasteiger partial charge in [0.1, 0.15) is 5.75 Å². The van der Waals surface area contributed by atoms with Crippen LogP contribution in [0.3, 0.4) is 0 Å². The van der Waals surface area contributed by atoms with E-state index in [-0.39, 0.29) is 0 Å². The van der Waals surface area contributed by atoms with Crippen molar-refractivity contribution in [1.29, 1.82) is 0 Å². The van der Waals surface area contributed by atoms with Crippen molar-refractivity contribution in [3.8, 4) is 5.75 Å². The normalized spacial score (nSPS) is 17.7. The molecule has 1 fully saturated rings. The molecule has 1 N–H and O–H groups in total. The lowest BCUT2D eigenvalue weighted by Gasteiger charge is -2.29. The lowest BCUT2D eigenvalue weighted by Crippen LogP contribution is -2.36. The fourth-order valence-corrected chi connectivity index (χ4v) is 3.18. The van der Waals surface area contributed by atoms with Gasteiger partial charge in [0, 0.05) is 23.7 Å². The van der Waals surface area contributed by atoms with Crippen molar-refractivity contribution < 1.29 is 4.74 Å². The molecule has 1 aliphatic rings. The van der Waals surface area contributed by atoms with Gasteiger partial charge >= 0.3 is 0 Å². The minimum atomic E-state index is 0.660. The summed E-state index contributed by atoms with van der Waals surface area (Å²) in [7, 11) is 1.70. The first-order valence-electron chi connectivity index (χ1n) is 7.94. The number of likely N-dealkylation sites (tertiary alicyclic amines) is 1. The van der Waals surface area contributed by atoms with E-state index in [1.54, 1.807) is 7.11 Å². The molecule has 1 saturated heterocycles. The van der Waals surface area contributed by atoms with E-state index in [1.165, 1.54) is 38.9 Å². The fourth-order valence-electron chi connectivity index (χ4n) is 2.99. The minimum absolute atomic E-state index is 0.660. The molecule has 118 valence electrons. The van der Waals surface area contributed by atoms with Gasteiger partial charge < -0.3 is 15.0 Å². The van der Waals surface area contributed by atoms with Crippen molar-refractivity contribution in [2.45, 2.75) is 32.7 Å². The van der Waals surface area contributed by atoms with Crippen LogP contribution in [0.4, 0.5) is 0 Å². The predicted molar refractivity (Wildman–Crippen MR) is 89.2 cm³/mol. The summed E-state index contributed by atoms with van der Waals surface area (Å²) >= 11 is 6.05. The van der Waals surface area contributed by atoms with Gasteiger partial charge in [-0.25, -0.2) is 0 Å². The largest absolute Gasteiger partial charge is 0.496 e. The van der Waals surface area contributed by atoms with Gasteiger partial charge in [0.05, 0.1) is 7.11 Å². The highest BCUT2D eigenvalue weighted by molar-refractivity contribution is 6.30. The molecule has 0 saturated carbocycles. The average Bonchev–Trinajstić information content (AvgIpc) is 2.48. The van der Waals surface area contributed by atoms with E-state index >= 15 is 0 Å². The zero-order valence-corrected chi connectivity index (χ0v) is 14.0. The maximum Gasteiger partial charge on any atom is 0.123 e. The molecule has 1 aromatic rings. The van der Waals surface area contributed by atoms with E-state index in [0.29, 0.717) is 5.92 Å². The third-order valence-corrected chi connectivity index (χ3v) is 4.30. The molecule has 2 rings (SSSR count). The number of ether oxygens (including phenoxy) is 1. The van der Waals surface area contributed by atoms with Gasteiger partial charge in [-0.05, 0) is 56.6 Å². The fraction of sp³-hybridized carbons (Fsp3) is 0.647. The number of piperidine rings is 1. The van der Waals surface area contributed by atoms with Crippen LogP contribution in [0.25, 0.3) is 0 Å². The quantitative estimate of drug-likeness (QED) is 0.833. The number of halogens is 1. The van der Waals surface area contributed by atoms with Crippen molar-refractivity contribution in [1.82, 2.24) is 10.2 Å². The smallest absolute Gasteiger partial charge is 0.123 e. The van der Waals surface area contributed by atoms with E-state index < -0.39 is 0 Å². The van der Waals surface area contributed by atoms with Crippen LogP contribution in [-0.2, 0) is 6.54 Å². The highest BCUT2D eigenvalue weighted by Crippen LogP contribution is 2.22. The summed E-state index contributed by atoms with van der Waals surface area (Å²) in [6, 6.07) is 5.77. The molecule has 1 heterocycles. The van der Waals surface area contributed by atoms with Crippen LogP contribution in [0.2, 0.25) is 5.02 Å². The summed E-state index contributed by atoms with van der Waals surface area (Å²) in [5.74, 6) is 1.56. The van der Waals surface area contributed by atoms with E-state index in [2.05, 4.69) is 17.1 Å². The van der Waals surface area contributed by atoms with Crippen molar-refractivity contribution >= 4 is 11.6 Å². The van der Waals surface area contributed by atoms with Gasteiger partial charge in [-0.1, -0.05) is 24.9 Å². The van der Waals surface area contributed by atoms with Gasteiger partial charge in [-0.3, -0.25) is 0 Å². The maximum absolute atomic E-state index is 6.05. The molecule has 0 radical (unpaired) electrons. The number of rotatable bonds is 7. The Hall–Kier alpha value is -0.770. The van der Waals surface area contributed by atoms with Crippen molar-refractivity contribution in [3.63, 3.8) is 0 Å². The molecule has 0 amide bonds. The molecule has 0 spiro atoms. The average molecular weight is 311 g/mol. The Bertz CT molecular complexity index is 433. The predicted octanol–water partition coefficient (Wildman–Crippen LogP) is 3.56. The summed E-state index contributed by atoms with van der Waals surface area (Å²) in [6.45, 7) is 7.87. The van der Waals surface area contributed by atoms with Gasteiger partial charge in [0.15, 0.2) is 0 Å². The Morgan fingerprint density at radius 1 is 1.29 bits per heavy atom. The van der Waals surface area contributed by atoms with Gasteiger partial charge in [0.25, 0.3) is 0 Å². The van der Waals surface area contributed by atoms with Crippen LogP contribution >= 0.6 is 11.6 Å².